The van der Waals surface area contributed by atoms with Crippen LogP contribution in [0, 0.1) is 0 Å². The smallest absolute Gasteiger partial charge is 0.123 e. The molecule has 0 bridgehead atoms. The lowest BCUT2D eigenvalue weighted by atomic mass is 10.1. The van der Waals surface area contributed by atoms with Crippen molar-refractivity contribution in [2.24, 2.45) is 0 Å². The van der Waals surface area contributed by atoms with Crippen LogP contribution in [0.4, 0.5) is 0 Å². The summed E-state index contributed by atoms with van der Waals surface area (Å²) in [6.07, 6.45) is 0.750. The van der Waals surface area contributed by atoms with Gasteiger partial charge in [-0.3, -0.25) is 0 Å². The molecule has 0 fully saturated rings. The Morgan fingerprint density at radius 1 is 1.62 bits per heavy atom. The Balaban J connectivity index is 2.99. The van der Waals surface area contributed by atoms with Crippen LogP contribution in [0.5, 0.6) is 5.75 Å². The van der Waals surface area contributed by atoms with E-state index in [0.717, 1.165) is 22.2 Å². The monoisotopic (exact) mass is 260 g/mol. The van der Waals surface area contributed by atoms with E-state index in [1.54, 1.807) is 13.2 Å². The summed E-state index contributed by atoms with van der Waals surface area (Å²) in [6, 6.07) is 5.58. The first-order valence-corrected chi connectivity index (χ1v) is 4.96. The van der Waals surface area contributed by atoms with E-state index in [1.807, 2.05) is 12.1 Å². The summed E-state index contributed by atoms with van der Waals surface area (Å²) < 4.78 is 6.10. The quantitative estimate of drug-likeness (QED) is 0.804. The minimum absolute atomic E-state index is 0.681. The number of methoxy groups -OCH3 is 1. The Morgan fingerprint density at radius 2 is 2.31 bits per heavy atom. The highest BCUT2D eigenvalue weighted by atomic mass is 79.9. The van der Waals surface area contributed by atoms with Crippen LogP contribution in [0.2, 0.25) is 5.02 Å². The van der Waals surface area contributed by atoms with Crippen LogP contribution >= 0.6 is 27.5 Å². The van der Waals surface area contributed by atoms with E-state index >= 15 is 0 Å². The number of hydrogen-bond donors (Lipinski definition) is 0. The molecule has 0 unspecified atom stereocenters. The van der Waals surface area contributed by atoms with E-state index in [-0.39, 0.29) is 0 Å². The second-order valence-corrected chi connectivity index (χ2v) is 4.21. The van der Waals surface area contributed by atoms with E-state index in [4.69, 9.17) is 16.3 Å². The van der Waals surface area contributed by atoms with Crippen molar-refractivity contribution in [3.8, 4) is 5.75 Å². The summed E-state index contributed by atoms with van der Waals surface area (Å²) in [7, 11) is 1.63. The van der Waals surface area contributed by atoms with Gasteiger partial charge in [0.05, 0.1) is 7.11 Å². The molecule has 0 heterocycles. The minimum atomic E-state index is 0.681. The van der Waals surface area contributed by atoms with Gasteiger partial charge >= 0.3 is 0 Å². The van der Waals surface area contributed by atoms with Crippen molar-refractivity contribution in [2.45, 2.75) is 6.42 Å². The second kappa shape index (κ2) is 4.68. The van der Waals surface area contributed by atoms with Crippen LogP contribution in [0.15, 0.2) is 29.3 Å². The lowest BCUT2D eigenvalue weighted by Gasteiger charge is -2.07. The Morgan fingerprint density at radius 3 is 2.85 bits per heavy atom. The molecule has 1 aromatic rings. The van der Waals surface area contributed by atoms with Crippen LogP contribution in [-0.4, -0.2) is 7.11 Å². The summed E-state index contributed by atoms with van der Waals surface area (Å²) in [6.45, 7) is 3.78. The highest BCUT2D eigenvalue weighted by Gasteiger charge is 2.03. The molecule has 0 spiro atoms. The van der Waals surface area contributed by atoms with Gasteiger partial charge < -0.3 is 4.74 Å². The van der Waals surface area contributed by atoms with Crippen molar-refractivity contribution in [1.29, 1.82) is 0 Å². The molecular formula is C10H10BrClO. The average Bonchev–Trinajstić information content (AvgIpc) is 2.07. The molecule has 0 aliphatic carbocycles. The standard InChI is InChI=1S/C10H10BrClO/c1-7(11)5-8-3-4-9(12)6-10(8)13-2/h3-4,6H,1,5H2,2H3. The van der Waals surface area contributed by atoms with Gasteiger partial charge in [0, 0.05) is 11.4 Å². The van der Waals surface area contributed by atoms with Gasteiger partial charge in [-0.15, -0.1) is 0 Å². The van der Waals surface area contributed by atoms with Gasteiger partial charge in [0.2, 0.25) is 0 Å². The molecule has 0 amide bonds. The first-order valence-electron chi connectivity index (χ1n) is 3.79. The lowest BCUT2D eigenvalue weighted by molar-refractivity contribution is 0.410. The lowest BCUT2D eigenvalue weighted by Crippen LogP contribution is -1.91. The summed E-state index contributed by atoms with van der Waals surface area (Å²) in [5.41, 5.74) is 1.08. The van der Waals surface area contributed by atoms with Gasteiger partial charge in [-0.05, 0) is 22.2 Å². The number of halogens is 2. The highest BCUT2D eigenvalue weighted by Crippen LogP contribution is 2.26. The Kier molecular flexibility index (Phi) is 3.82. The number of rotatable bonds is 3. The Bertz CT molecular complexity index is 323. The number of hydrogen-bond acceptors (Lipinski definition) is 1. The fraction of sp³-hybridized carbons (Fsp3) is 0.200. The predicted octanol–water partition coefficient (Wildman–Crippen LogP) is 3.80. The maximum Gasteiger partial charge on any atom is 0.123 e. The largest absolute Gasteiger partial charge is 0.496 e. The van der Waals surface area contributed by atoms with Crippen molar-refractivity contribution in [1.82, 2.24) is 0 Å². The molecule has 0 aliphatic heterocycles. The minimum Gasteiger partial charge on any atom is -0.496 e. The average molecular weight is 262 g/mol. The van der Waals surface area contributed by atoms with Gasteiger partial charge in [-0.1, -0.05) is 40.2 Å². The van der Waals surface area contributed by atoms with E-state index in [0.29, 0.717) is 5.02 Å². The molecule has 0 radical (unpaired) electrons. The third kappa shape index (κ3) is 3.05. The third-order valence-electron chi connectivity index (χ3n) is 1.63. The molecule has 0 N–H and O–H groups in total. The summed E-state index contributed by atoms with van der Waals surface area (Å²) in [5.74, 6) is 0.799. The molecule has 0 aromatic heterocycles. The van der Waals surface area contributed by atoms with Gasteiger partial charge in [0.15, 0.2) is 0 Å². The Labute approximate surface area is 91.5 Å². The van der Waals surface area contributed by atoms with E-state index in [2.05, 4.69) is 22.5 Å². The van der Waals surface area contributed by atoms with E-state index in [9.17, 15) is 0 Å². The first kappa shape index (κ1) is 10.6. The molecule has 1 rings (SSSR count). The van der Waals surface area contributed by atoms with Gasteiger partial charge in [0.25, 0.3) is 0 Å². The van der Waals surface area contributed by atoms with Gasteiger partial charge in [-0.2, -0.15) is 0 Å². The number of allylic oxidation sites excluding steroid dienone is 1. The summed E-state index contributed by atoms with van der Waals surface area (Å²) in [5, 5.41) is 0.681. The fourth-order valence-electron chi connectivity index (χ4n) is 1.07. The highest BCUT2D eigenvalue weighted by molar-refractivity contribution is 9.11. The number of benzene rings is 1. The molecule has 0 saturated heterocycles. The Hall–Kier alpha value is -0.470. The van der Waals surface area contributed by atoms with Crippen LogP contribution < -0.4 is 4.74 Å². The van der Waals surface area contributed by atoms with Crippen molar-refractivity contribution in [2.75, 3.05) is 7.11 Å². The van der Waals surface area contributed by atoms with Crippen molar-refractivity contribution in [3.63, 3.8) is 0 Å². The van der Waals surface area contributed by atoms with Crippen LogP contribution in [0.3, 0.4) is 0 Å². The molecule has 1 nitrogen and oxygen atoms in total. The first-order chi connectivity index (χ1) is 6.13. The van der Waals surface area contributed by atoms with Crippen LogP contribution in [0.1, 0.15) is 5.56 Å². The maximum absolute atomic E-state index is 5.82. The van der Waals surface area contributed by atoms with Crippen molar-refractivity contribution >= 4 is 27.5 Å². The zero-order valence-corrected chi connectivity index (χ0v) is 9.65. The molecular weight excluding hydrogens is 251 g/mol. The van der Waals surface area contributed by atoms with Crippen molar-refractivity contribution < 1.29 is 4.74 Å². The topological polar surface area (TPSA) is 9.23 Å². The molecule has 13 heavy (non-hydrogen) atoms. The molecule has 0 saturated carbocycles. The zero-order valence-electron chi connectivity index (χ0n) is 7.31. The van der Waals surface area contributed by atoms with Gasteiger partial charge in [-0.25, -0.2) is 0 Å². The third-order valence-corrected chi connectivity index (χ3v) is 2.15. The maximum atomic E-state index is 5.82. The summed E-state index contributed by atoms with van der Waals surface area (Å²) >= 11 is 9.13. The molecule has 3 heteroatoms. The summed E-state index contributed by atoms with van der Waals surface area (Å²) in [4.78, 5) is 0. The number of ether oxygens (including phenoxy) is 1. The SMILES string of the molecule is C=C(Br)Cc1ccc(Cl)cc1OC. The van der Waals surface area contributed by atoms with Gasteiger partial charge in [0.1, 0.15) is 5.75 Å². The predicted molar refractivity (Wildman–Crippen MR) is 59.8 cm³/mol. The van der Waals surface area contributed by atoms with Crippen LogP contribution in [-0.2, 0) is 6.42 Å². The molecule has 1 aromatic carbocycles. The van der Waals surface area contributed by atoms with Crippen molar-refractivity contribution in [3.05, 3.63) is 39.8 Å². The fourth-order valence-corrected chi connectivity index (χ4v) is 1.54. The molecule has 0 atom stereocenters. The molecule has 0 aliphatic rings. The van der Waals surface area contributed by atoms with E-state index in [1.165, 1.54) is 0 Å². The zero-order chi connectivity index (χ0) is 9.84. The van der Waals surface area contributed by atoms with E-state index < -0.39 is 0 Å². The van der Waals surface area contributed by atoms with Crippen LogP contribution in [0.25, 0.3) is 0 Å². The second-order valence-electron chi connectivity index (χ2n) is 2.65. The molecule has 70 valence electrons. The normalized spacial score (nSPS) is 9.77.